The molecule has 0 saturated carbocycles. The SMILES string of the molecule is CC(N)C1CN(CC2CCOCC2)c2ccccc21. The van der Waals surface area contributed by atoms with Crippen LogP contribution >= 0.6 is 0 Å². The van der Waals surface area contributed by atoms with Gasteiger partial charge in [-0.2, -0.15) is 0 Å². The molecular formula is C16H24N2O. The van der Waals surface area contributed by atoms with Gasteiger partial charge in [0, 0.05) is 44.0 Å². The van der Waals surface area contributed by atoms with Crippen molar-refractivity contribution in [2.45, 2.75) is 31.7 Å². The predicted octanol–water partition coefficient (Wildman–Crippen LogP) is 2.36. The molecule has 19 heavy (non-hydrogen) atoms. The molecule has 0 aliphatic carbocycles. The summed E-state index contributed by atoms with van der Waals surface area (Å²) in [6.45, 7) is 6.21. The van der Waals surface area contributed by atoms with Crippen LogP contribution in [0.25, 0.3) is 0 Å². The molecule has 1 aromatic rings. The third-order valence-electron chi connectivity index (χ3n) is 4.55. The van der Waals surface area contributed by atoms with Gasteiger partial charge in [-0.25, -0.2) is 0 Å². The molecule has 2 aliphatic heterocycles. The van der Waals surface area contributed by atoms with Crippen molar-refractivity contribution in [1.29, 1.82) is 0 Å². The lowest BCUT2D eigenvalue weighted by Crippen LogP contribution is -2.34. The minimum absolute atomic E-state index is 0.223. The van der Waals surface area contributed by atoms with Gasteiger partial charge in [0.25, 0.3) is 0 Å². The number of rotatable bonds is 3. The highest BCUT2D eigenvalue weighted by atomic mass is 16.5. The van der Waals surface area contributed by atoms with Gasteiger partial charge in [-0.05, 0) is 37.3 Å². The highest BCUT2D eigenvalue weighted by molar-refractivity contribution is 5.60. The zero-order chi connectivity index (χ0) is 13.2. The first-order valence-electron chi connectivity index (χ1n) is 7.43. The summed E-state index contributed by atoms with van der Waals surface area (Å²) in [5.41, 5.74) is 9.00. The molecule has 1 fully saturated rings. The Labute approximate surface area is 115 Å². The molecule has 3 heteroatoms. The topological polar surface area (TPSA) is 38.5 Å². The van der Waals surface area contributed by atoms with Crippen LogP contribution < -0.4 is 10.6 Å². The first-order chi connectivity index (χ1) is 9.25. The molecule has 0 radical (unpaired) electrons. The molecule has 0 amide bonds. The van der Waals surface area contributed by atoms with Gasteiger partial charge in [0.1, 0.15) is 0 Å². The van der Waals surface area contributed by atoms with Crippen molar-refractivity contribution in [1.82, 2.24) is 0 Å². The lowest BCUT2D eigenvalue weighted by atomic mass is 9.95. The van der Waals surface area contributed by atoms with Gasteiger partial charge < -0.3 is 15.4 Å². The van der Waals surface area contributed by atoms with Crippen molar-refractivity contribution in [3.8, 4) is 0 Å². The average Bonchev–Trinajstić information content (AvgIpc) is 2.79. The fourth-order valence-corrected chi connectivity index (χ4v) is 3.39. The maximum atomic E-state index is 6.16. The highest BCUT2D eigenvalue weighted by Gasteiger charge is 2.31. The van der Waals surface area contributed by atoms with E-state index in [2.05, 4.69) is 36.1 Å². The maximum Gasteiger partial charge on any atom is 0.0469 e. The molecule has 3 rings (SSSR count). The van der Waals surface area contributed by atoms with Crippen LogP contribution in [0.3, 0.4) is 0 Å². The standard InChI is InChI=1S/C16H24N2O/c1-12(17)15-11-18(10-13-6-8-19-9-7-13)16-5-3-2-4-14(15)16/h2-5,12-13,15H,6-11,17H2,1H3. The number of hydrogen-bond donors (Lipinski definition) is 1. The normalized spacial score (nSPS) is 25.4. The van der Waals surface area contributed by atoms with E-state index in [1.807, 2.05) is 0 Å². The minimum Gasteiger partial charge on any atom is -0.381 e. The molecule has 0 aromatic heterocycles. The van der Waals surface area contributed by atoms with Crippen LogP contribution in [0.1, 0.15) is 31.2 Å². The number of fused-ring (bicyclic) bond motifs is 1. The third kappa shape index (κ3) is 2.63. The molecule has 0 spiro atoms. The van der Waals surface area contributed by atoms with E-state index < -0.39 is 0 Å². The molecule has 104 valence electrons. The quantitative estimate of drug-likeness (QED) is 0.906. The van der Waals surface area contributed by atoms with E-state index in [9.17, 15) is 0 Å². The van der Waals surface area contributed by atoms with Crippen LogP contribution in [-0.4, -0.2) is 32.3 Å². The molecule has 2 aliphatic rings. The Bertz CT molecular complexity index is 427. The van der Waals surface area contributed by atoms with Gasteiger partial charge in [0.15, 0.2) is 0 Å². The maximum absolute atomic E-state index is 6.16. The second kappa shape index (κ2) is 5.51. The van der Waals surface area contributed by atoms with E-state index >= 15 is 0 Å². The number of ether oxygens (including phenoxy) is 1. The van der Waals surface area contributed by atoms with Crippen molar-refractivity contribution >= 4 is 5.69 Å². The van der Waals surface area contributed by atoms with Crippen LogP contribution in [0.15, 0.2) is 24.3 Å². The minimum atomic E-state index is 0.223. The molecule has 1 saturated heterocycles. The predicted molar refractivity (Wildman–Crippen MR) is 78.6 cm³/mol. The van der Waals surface area contributed by atoms with E-state index in [1.165, 1.54) is 24.1 Å². The molecular weight excluding hydrogens is 236 g/mol. The number of nitrogens with zero attached hydrogens (tertiary/aromatic N) is 1. The lowest BCUT2D eigenvalue weighted by molar-refractivity contribution is 0.0682. The van der Waals surface area contributed by atoms with Crippen molar-refractivity contribution < 1.29 is 4.74 Å². The largest absolute Gasteiger partial charge is 0.381 e. The van der Waals surface area contributed by atoms with Crippen molar-refractivity contribution in [2.24, 2.45) is 11.7 Å². The monoisotopic (exact) mass is 260 g/mol. The molecule has 3 nitrogen and oxygen atoms in total. The van der Waals surface area contributed by atoms with Crippen molar-refractivity contribution in [3.63, 3.8) is 0 Å². The number of nitrogens with two attached hydrogens (primary N) is 1. The number of benzene rings is 1. The highest BCUT2D eigenvalue weighted by Crippen LogP contribution is 2.38. The Hall–Kier alpha value is -1.06. The molecule has 2 heterocycles. The summed E-state index contributed by atoms with van der Waals surface area (Å²) in [4.78, 5) is 2.54. The number of para-hydroxylation sites is 1. The van der Waals surface area contributed by atoms with Crippen molar-refractivity contribution in [2.75, 3.05) is 31.2 Å². The second-order valence-corrected chi connectivity index (χ2v) is 5.99. The molecule has 1 aromatic carbocycles. The van der Waals surface area contributed by atoms with Crippen molar-refractivity contribution in [3.05, 3.63) is 29.8 Å². The van der Waals surface area contributed by atoms with Crippen LogP contribution in [0.2, 0.25) is 0 Å². The van der Waals surface area contributed by atoms with Gasteiger partial charge >= 0.3 is 0 Å². The van der Waals surface area contributed by atoms with Crippen LogP contribution in [0, 0.1) is 5.92 Å². The lowest BCUT2D eigenvalue weighted by Gasteiger charge is -2.29. The van der Waals surface area contributed by atoms with E-state index in [4.69, 9.17) is 10.5 Å². The zero-order valence-electron chi connectivity index (χ0n) is 11.7. The first-order valence-corrected chi connectivity index (χ1v) is 7.43. The van der Waals surface area contributed by atoms with E-state index in [0.29, 0.717) is 5.92 Å². The summed E-state index contributed by atoms with van der Waals surface area (Å²) in [5, 5.41) is 0. The smallest absolute Gasteiger partial charge is 0.0469 e. The Balaban J connectivity index is 1.76. The van der Waals surface area contributed by atoms with E-state index in [1.54, 1.807) is 0 Å². The Kier molecular flexibility index (Phi) is 3.76. The second-order valence-electron chi connectivity index (χ2n) is 5.99. The van der Waals surface area contributed by atoms with E-state index in [-0.39, 0.29) is 6.04 Å². The van der Waals surface area contributed by atoms with Crippen LogP contribution in [0.4, 0.5) is 5.69 Å². The number of anilines is 1. The summed E-state index contributed by atoms with van der Waals surface area (Å²) in [5.74, 6) is 1.25. The number of hydrogen-bond acceptors (Lipinski definition) is 3. The van der Waals surface area contributed by atoms with Gasteiger partial charge in [-0.1, -0.05) is 18.2 Å². The third-order valence-corrected chi connectivity index (χ3v) is 4.55. The fraction of sp³-hybridized carbons (Fsp3) is 0.625. The summed E-state index contributed by atoms with van der Waals surface area (Å²) in [6.07, 6.45) is 2.39. The van der Waals surface area contributed by atoms with Gasteiger partial charge in [0.2, 0.25) is 0 Å². The Morgan fingerprint density at radius 2 is 2.05 bits per heavy atom. The van der Waals surface area contributed by atoms with Gasteiger partial charge in [-0.15, -0.1) is 0 Å². The fourth-order valence-electron chi connectivity index (χ4n) is 3.39. The summed E-state index contributed by atoms with van der Waals surface area (Å²) >= 11 is 0. The van der Waals surface area contributed by atoms with Gasteiger partial charge in [-0.3, -0.25) is 0 Å². The van der Waals surface area contributed by atoms with E-state index in [0.717, 1.165) is 32.2 Å². The summed E-state index contributed by atoms with van der Waals surface area (Å²) in [6, 6.07) is 8.98. The van der Waals surface area contributed by atoms with Crippen LogP contribution in [-0.2, 0) is 4.74 Å². The zero-order valence-corrected chi connectivity index (χ0v) is 11.7. The molecule has 2 unspecified atom stereocenters. The molecule has 2 N–H and O–H groups in total. The first kappa shape index (κ1) is 12.9. The molecule has 2 atom stereocenters. The Morgan fingerprint density at radius 1 is 1.32 bits per heavy atom. The summed E-state index contributed by atoms with van der Waals surface area (Å²) < 4.78 is 5.45. The van der Waals surface area contributed by atoms with Crippen LogP contribution in [0.5, 0.6) is 0 Å². The molecule has 0 bridgehead atoms. The average molecular weight is 260 g/mol. The van der Waals surface area contributed by atoms with Gasteiger partial charge in [0.05, 0.1) is 0 Å². The summed E-state index contributed by atoms with van der Waals surface area (Å²) in [7, 11) is 0. The Morgan fingerprint density at radius 3 is 2.79 bits per heavy atom.